The number of hydrogen-bond acceptors (Lipinski definition) is 9. The van der Waals surface area contributed by atoms with Gasteiger partial charge in [0.05, 0.1) is 24.9 Å². The predicted molar refractivity (Wildman–Crippen MR) is 200 cm³/mol. The van der Waals surface area contributed by atoms with Crippen LogP contribution in [0.15, 0.2) is 54.7 Å². The van der Waals surface area contributed by atoms with E-state index in [9.17, 15) is 22.8 Å². The summed E-state index contributed by atoms with van der Waals surface area (Å²) >= 11 is 7.09. The van der Waals surface area contributed by atoms with Crippen LogP contribution >= 0.6 is 11.6 Å². The van der Waals surface area contributed by atoms with Crippen molar-refractivity contribution in [3.63, 3.8) is 0 Å². The number of amides is 2. The zero-order valence-corrected chi connectivity index (χ0v) is 31.2. The second-order valence-electron chi connectivity index (χ2n) is 13.9. The van der Waals surface area contributed by atoms with E-state index in [1.807, 2.05) is 42.5 Å². The number of rotatable bonds is 14. The van der Waals surface area contributed by atoms with Crippen molar-refractivity contribution < 1.29 is 37.0 Å². The summed E-state index contributed by atoms with van der Waals surface area (Å²) in [5.74, 6) is 0.167. The fraction of sp³-hybridized carbons (Fsp3) is 0.400. The first-order chi connectivity index (χ1) is 26.5. The van der Waals surface area contributed by atoms with Gasteiger partial charge in [0.15, 0.2) is 0 Å². The molecule has 0 spiro atoms. The van der Waals surface area contributed by atoms with Gasteiger partial charge in [-0.15, -0.1) is 0 Å². The largest absolute Gasteiger partial charge is 0.496 e. The van der Waals surface area contributed by atoms with Gasteiger partial charge in [0.2, 0.25) is 23.6 Å². The van der Waals surface area contributed by atoms with Crippen LogP contribution in [0.1, 0.15) is 66.0 Å². The number of methoxy groups -OCH3 is 2. The van der Waals surface area contributed by atoms with Crippen LogP contribution < -0.4 is 35.5 Å². The van der Waals surface area contributed by atoms with Crippen LogP contribution in [0.4, 0.5) is 13.2 Å². The SMILES string of the molecule is COc1cc(-c2nccc(-c3cccc4c3CC[C@@H]4Oc3nc(OC)c(CNC[C@H]4CCC(=O)N4)cc3C(F)(F)F)c2Cl)ccc1CNC[C@@H]1CCC(=O)N1. The van der Waals surface area contributed by atoms with E-state index in [-0.39, 0.29) is 41.9 Å². The highest BCUT2D eigenvalue weighted by molar-refractivity contribution is 6.35. The second-order valence-corrected chi connectivity index (χ2v) is 14.3. The molecule has 0 unspecified atom stereocenters. The third-order valence-corrected chi connectivity index (χ3v) is 10.7. The number of benzene rings is 2. The Balaban J connectivity index is 1.10. The molecule has 7 rings (SSSR count). The van der Waals surface area contributed by atoms with E-state index in [0.29, 0.717) is 68.2 Å². The molecule has 2 aromatic carbocycles. The summed E-state index contributed by atoms with van der Waals surface area (Å²) in [5.41, 5.74) is 4.73. The third kappa shape index (κ3) is 8.51. The van der Waals surface area contributed by atoms with Gasteiger partial charge in [-0.3, -0.25) is 14.6 Å². The third-order valence-electron chi connectivity index (χ3n) is 10.3. The lowest BCUT2D eigenvalue weighted by molar-refractivity contribution is -0.139. The van der Waals surface area contributed by atoms with E-state index in [1.165, 1.54) is 7.11 Å². The van der Waals surface area contributed by atoms with Gasteiger partial charge in [0.1, 0.15) is 17.4 Å². The topological polar surface area (TPSA) is 136 Å². The summed E-state index contributed by atoms with van der Waals surface area (Å²) in [5, 5.41) is 12.7. The summed E-state index contributed by atoms with van der Waals surface area (Å²) in [4.78, 5) is 31.9. The van der Waals surface area contributed by atoms with E-state index in [2.05, 4.69) is 31.2 Å². The number of carbonyl (C=O) groups is 2. The molecule has 290 valence electrons. The molecule has 0 saturated carbocycles. The van der Waals surface area contributed by atoms with Crippen LogP contribution in [-0.2, 0) is 35.3 Å². The molecule has 0 bridgehead atoms. The average Bonchev–Trinajstić information content (AvgIpc) is 3.91. The summed E-state index contributed by atoms with van der Waals surface area (Å²) in [7, 11) is 2.96. The van der Waals surface area contributed by atoms with Gasteiger partial charge >= 0.3 is 6.18 Å². The predicted octanol–water partition coefficient (Wildman–Crippen LogP) is 6.30. The van der Waals surface area contributed by atoms with Crippen molar-refractivity contribution in [2.24, 2.45) is 0 Å². The van der Waals surface area contributed by atoms with Crippen LogP contribution in [-0.4, -0.2) is 61.2 Å². The quantitative estimate of drug-likeness (QED) is 0.116. The summed E-state index contributed by atoms with van der Waals surface area (Å²) in [6.45, 7) is 1.67. The molecule has 2 amide bonds. The number of nitrogens with zero attached hydrogens (tertiary/aromatic N) is 2. The van der Waals surface area contributed by atoms with Gasteiger partial charge in [-0.1, -0.05) is 41.9 Å². The Bertz CT molecular complexity index is 2080. The Morgan fingerprint density at radius 2 is 1.55 bits per heavy atom. The van der Waals surface area contributed by atoms with Crippen LogP contribution in [0.2, 0.25) is 5.02 Å². The van der Waals surface area contributed by atoms with Crippen molar-refractivity contribution in [2.45, 2.75) is 76.0 Å². The fourth-order valence-corrected chi connectivity index (χ4v) is 7.88. The van der Waals surface area contributed by atoms with Crippen molar-refractivity contribution in [1.82, 2.24) is 31.2 Å². The Morgan fingerprint density at radius 1 is 0.836 bits per heavy atom. The monoisotopic (exact) mass is 778 g/mol. The van der Waals surface area contributed by atoms with E-state index >= 15 is 0 Å². The highest BCUT2D eigenvalue weighted by atomic mass is 35.5. The molecule has 2 saturated heterocycles. The maximum absolute atomic E-state index is 14.5. The molecule has 4 heterocycles. The zero-order valence-electron chi connectivity index (χ0n) is 30.4. The number of halogens is 4. The number of pyridine rings is 2. The standard InChI is InChI=1S/C40H42ClF3N6O5/c1-53-33-17-22(6-7-23(33)18-45-20-25-8-12-34(51)48-25)37-36(41)30(14-15-47-37)27-4-3-5-29-28(27)10-11-32(29)55-39-31(40(42,43)44)16-24(38(50-39)54-2)19-46-21-26-9-13-35(52)49-26/h3-7,14-17,25-26,32,45-46H,8-13,18-21H2,1-2H3,(H,48,51)(H,49,52)/t25-,26+,32-/m0/s1. The molecule has 15 heteroatoms. The van der Waals surface area contributed by atoms with Gasteiger partial charge in [0, 0.05) is 79.6 Å². The first kappa shape index (κ1) is 38.4. The van der Waals surface area contributed by atoms with Crippen LogP contribution in [0.25, 0.3) is 22.4 Å². The Kier molecular flexibility index (Phi) is 11.5. The van der Waals surface area contributed by atoms with E-state index in [4.69, 9.17) is 25.8 Å². The summed E-state index contributed by atoms with van der Waals surface area (Å²) in [6.07, 6.45) is -0.330. The minimum atomic E-state index is -4.74. The Labute approximate surface area is 321 Å². The van der Waals surface area contributed by atoms with Crippen LogP contribution in [0.3, 0.4) is 0 Å². The number of nitrogens with one attached hydrogen (secondary N) is 4. The molecule has 2 fully saturated rings. The Morgan fingerprint density at radius 3 is 2.18 bits per heavy atom. The van der Waals surface area contributed by atoms with Gasteiger partial charge in [0.25, 0.3) is 0 Å². The van der Waals surface area contributed by atoms with Gasteiger partial charge in [-0.25, -0.2) is 0 Å². The number of aromatic nitrogens is 2. The van der Waals surface area contributed by atoms with Crippen molar-refractivity contribution >= 4 is 23.4 Å². The molecular weight excluding hydrogens is 737 g/mol. The van der Waals surface area contributed by atoms with Crippen LogP contribution in [0, 0.1) is 0 Å². The lowest BCUT2D eigenvalue weighted by Gasteiger charge is -2.21. The lowest BCUT2D eigenvalue weighted by atomic mass is 9.95. The maximum atomic E-state index is 14.5. The van der Waals surface area contributed by atoms with Gasteiger partial charge in [-0.2, -0.15) is 18.2 Å². The van der Waals surface area contributed by atoms with Crippen LogP contribution in [0.5, 0.6) is 17.5 Å². The normalized spacial score (nSPS) is 19.3. The van der Waals surface area contributed by atoms with Crippen molar-refractivity contribution in [3.05, 3.63) is 87.6 Å². The molecule has 0 radical (unpaired) electrons. The molecular formula is C40H42ClF3N6O5. The summed E-state index contributed by atoms with van der Waals surface area (Å²) < 4.78 is 60.7. The molecule has 1 aliphatic carbocycles. The number of fused-ring (bicyclic) bond motifs is 1. The minimum Gasteiger partial charge on any atom is -0.496 e. The zero-order chi connectivity index (χ0) is 38.7. The van der Waals surface area contributed by atoms with Gasteiger partial charge < -0.3 is 35.5 Å². The molecule has 4 aromatic rings. The smallest absolute Gasteiger partial charge is 0.421 e. The Hall–Kier alpha value is -4.92. The van der Waals surface area contributed by atoms with E-state index in [0.717, 1.165) is 45.9 Å². The number of carbonyl (C=O) groups excluding carboxylic acids is 2. The second kappa shape index (κ2) is 16.4. The van der Waals surface area contributed by atoms with E-state index < -0.39 is 23.7 Å². The molecule has 4 N–H and O–H groups in total. The van der Waals surface area contributed by atoms with E-state index in [1.54, 1.807) is 13.3 Å². The van der Waals surface area contributed by atoms with Gasteiger partial charge in [-0.05, 0) is 60.6 Å². The highest BCUT2D eigenvalue weighted by Crippen LogP contribution is 2.46. The van der Waals surface area contributed by atoms with Crippen molar-refractivity contribution in [3.8, 4) is 39.9 Å². The molecule has 3 aliphatic rings. The first-order valence-electron chi connectivity index (χ1n) is 18.3. The number of hydrogen-bond donors (Lipinski definition) is 4. The molecule has 2 aromatic heterocycles. The fourth-order valence-electron chi connectivity index (χ4n) is 7.56. The number of ether oxygens (including phenoxy) is 3. The number of alkyl halides is 3. The van der Waals surface area contributed by atoms with Crippen molar-refractivity contribution in [2.75, 3.05) is 27.3 Å². The highest BCUT2D eigenvalue weighted by Gasteiger charge is 2.39. The minimum absolute atomic E-state index is 0.0222. The maximum Gasteiger partial charge on any atom is 0.421 e. The first-order valence-corrected chi connectivity index (χ1v) is 18.7. The summed E-state index contributed by atoms with van der Waals surface area (Å²) in [6, 6.07) is 14.3. The molecule has 2 aliphatic heterocycles. The lowest BCUT2D eigenvalue weighted by Crippen LogP contribution is -2.35. The van der Waals surface area contributed by atoms with Crippen molar-refractivity contribution in [1.29, 1.82) is 0 Å². The molecule has 3 atom stereocenters. The molecule has 11 nitrogen and oxygen atoms in total. The average molecular weight is 779 g/mol. The molecule has 55 heavy (non-hydrogen) atoms.